The number of hydrogen-bond acceptors (Lipinski definition) is 6. The molecule has 0 saturated heterocycles. The van der Waals surface area contributed by atoms with Gasteiger partial charge in [-0.3, -0.25) is 4.72 Å². The lowest BCUT2D eigenvalue weighted by Gasteiger charge is -2.30. The molecule has 3 aromatic rings. The minimum Gasteiger partial charge on any atom is -0.495 e. The molecule has 2 N–H and O–H groups in total. The first-order chi connectivity index (χ1) is 17.0. The lowest BCUT2D eigenvalue weighted by molar-refractivity contribution is -0.182. The second-order valence-electron chi connectivity index (χ2n) is 8.52. The second kappa shape index (κ2) is 10.1. The van der Waals surface area contributed by atoms with Gasteiger partial charge in [-0.25, -0.2) is 18.2 Å². The molecular weight excluding hydrogens is 517 g/mol. The Bertz CT molecular complexity index is 1350. The van der Waals surface area contributed by atoms with Gasteiger partial charge in [0.15, 0.2) is 4.21 Å². The Kier molecular flexibility index (Phi) is 7.28. The van der Waals surface area contributed by atoms with Gasteiger partial charge in [-0.05, 0) is 55.4 Å². The lowest BCUT2D eigenvalue weighted by Crippen LogP contribution is -2.27. The number of rotatable bonds is 7. The van der Waals surface area contributed by atoms with Crippen molar-refractivity contribution in [1.82, 2.24) is 4.98 Å². The van der Waals surface area contributed by atoms with Gasteiger partial charge >= 0.3 is 12.1 Å². The van der Waals surface area contributed by atoms with Gasteiger partial charge in [-0.2, -0.15) is 13.2 Å². The fraction of sp³-hybridized carbons (Fsp3) is 0.333. The first-order valence-electron chi connectivity index (χ1n) is 11.0. The Morgan fingerprint density at radius 2 is 1.78 bits per heavy atom. The van der Waals surface area contributed by atoms with Crippen LogP contribution in [0.3, 0.4) is 0 Å². The van der Waals surface area contributed by atoms with Crippen LogP contribution in [0.4, 0.5) is 18.9 Å². The average Bonchev–Trinajstić information content (AvgIpc) is 3.35. The molecule has 1 fully saturated rings. The van der Waals surface area contributed by atoms with E-state index < -0.39 is 28.1 Å². The highest BCUT2D eigenvalue weighted by atomic mass is 32.2. The summed E-state index contributed by atoms with van der Waals surface area (Å²) >= 11 is 0.957. The number of halogens is 3. The number of nitrogens with zero attached hydrogens (tertiary/aromatic N) is 1. The van der Waals surface area contributed by atoms with Crippen molar-refractivity contribution < 1.29 is 36.2 Å². The van der Waals surface area contributed by atoms with Gasteiger partial charge in [0, 0.05) is 5.56 Å². The Labute approximate surface area is 210 Å². The van der Waals surface area contributed by atoms with Crippen LogP contribution in [0.1, 0.15) is 47.5 Å². The zero-order chi connectivity index (χ0) is 26.1. The predicted octanol–water partition coefficient (Wildman–Crippen LogP) is 6.15. The standard InChI is InChI=1S/C24H23F3N2O5S2/c1-34-20-12-17(23(30)31)8-11-19(20)29-36(32,33)21-13-28-22(35-21)16-4-2-14(3-5-16)15-6-9-18(10-7-15)24(25,26)27/h2-5,8,11-13,15,18,29H,6-7,9-10H2,1H3,(H,30,31). The Hall–Kier alpha value is -3.12. The Morgan fingerprint density at radius 1 is 1.11 bits per heavy atom. The summed E-state index contributed by atoms with van der Waals surface area (Å²) in [4.78, 5) is 15.4. The number of methoxy groups -OCH3 is 1. The minimum absolute atomic E-state index is 0.0450. The quantitative estimate of drug-likeness (QED) is 0.372. The zero-order valence-electron chi connectivity index (χ0n) is 19.1. The SMILES string of the molecule is COc1cc(C(=O)O)ccc1NS(=O)(=O)c1cnc(-c2ccc(C3CCC(C(F)(F)F)CC3)cc2)s1. The Morgan fingerprint density at radius 3 is 2.36 bits per heavy atom. The molecule has 0 atom stereocenters. The molecule has 1 aliphatic rings. The maximum Gasteiger partial charge on any atom is 0.391 e. The van der Waals surface area contributed by atoms with Crippen LogP contribution in [0.2, 0.25) is 0 Å². The van der Waals surface area contributed by atoms with Crippen molar-refractivity contribution in [3.8, 4) is 16.3 Å². The molecule has 0 radical (unpaired) electrons. The largest absolute Gasteiger partial charge is 0.495 e. The fourth-order valence-electron chi connectivity index (χ4n) is 4.27. The summed E-state index contributed by atoms with van der Waals surface area (Å²) in [5.74, 6) is -2.28. The first-order valence-corrected chi connectivity index (χ1v) is 13.3. The number of carboxylic acids is 1. The van der Waals surface area contributed by atoms with E-state index in [0.717, 1.165) is 16.9 Å². The molecule has 1 aromatic heterocycles. The van der Waals surface area contributed by atoms with Crippen molar-refractivity contribution in [3.05, 3.63) is 59.8 Å². The number of ether oxygens (including phenoxy) is 1. The summed E-state index contributed by atoms with van der Waals surface area (Å²) in [7, 11) is -2.72. The smallest absolute Gasteiger partial charge is 0.391 e. The van der Waals surface area contributed by atoms with E-state index in [4.69, 9.17) is 9.84 Å². The highest BCUT2D eigenvalue weighted by Gasteiger charge is 2.41. The summed E-state index contributed by atoms with van der Waals surface area (Å²) in [6.45, 7) is 0. The van der Waals surface area contributed by atoms with Crippen molar-refractivity contribution in [2.24, 2.45) is 5.92 Å². The van der Waals surface area contributed by atoms with Crippen molar-refractivity contribution in [1.29, 1.82) is 0 Å². The molecule has 4 rings (SSSR count). The van der Waals surface area contributed by atoms with Crippen LogP contribution in [0, 0.1) is 5.92 Å². The molecule has 0 aliphatic heterocycles. The van der Waals surface area contributed by atoms with Crippen LogP contribution in [-0.4, -0.2) is 37.8 Å². The molecule has 2 aromatic carbocycles. The molecular formula is C24H23F3N2O5S2. The molecule has 1 aliphatic carbocycles. The van der Waals surface area contributed by atoms with Crippen LogP contribution in [0.25, 0.3) is 10.6 Å². The predicted molar refractivity (Wildman–Crippen MR) is 129 cm³/mol. The summed E-state index contributed by atoms with van der Waals surface area (Å²) < 4.78 is 72.0. The highest BCUT2D eigenvalue weighted by molar-refractivity contribution is 7.94. The number of thiazole rings is 1. The molecule has 7 nitrogen and oxygen atoms in total. The third-order valence-corrected chi connectivity index (χ3v) is 9.13. The third-order valence-electron chi connectivity index (χ3n) is 6.26. The molecule has 0 spiro atoms. The summed E-state index contributed by atoms with van der Waals surface area (Å²) in [5, 5.41) is 9.57. The molecule has 36 heavy (non-hydrogen) atoms. The summed E-state index contributed by atoms with van der Waals surface area (Å²) in [6, 6.07) is 11.1. The van der Waals surface area contributed by atoms with Crippen LogP contribution >= 0.6 is 11.3 Å². The van der Waals surface area contributed by atoms with Crippen molar-refractivity contribution >= 4 is 33.0 Å². The highest BCUT2D eigenvalue weighted by Crippen LogP contribution is 2.43. The number of hydrogen-bond donors (Lipinski definition) is 2. The van der Waals surface area contributed by atoms with Gasteiger partial charge in [-0.1, -0.05) is 24.3 Å². The van der Waals surface area contributed by atoms with E-state index >= 15 is 0 Å². The van der Waals surface area contributed by atoms with E-state index in [9.17, 15) is 26.4 Å². The van der Waals surface area contributed by atoms with Gasteiger partial charge in [0.05, 0.1) is 30.5 Å². The molecule has 192 valence electrons. The van der Waals surface area contributed by atoms with Gasteiger partial charge in [0.25, 0.3) is 10.0 Å². The Balaban J connectivity index is 1.46. The normalized spacial score (nSPS) is 18.6. The van der Waals surface area contributed by atoms with E-state index in [0.29, 0.717) is 23.4 Å². The van der Waals surface area contributed by atoms with Crippen LogP contribution in [0.15, 0.2) is 52.9 Å². The molecule has 12 heteroatoms. The van der Waals surface area contributed by atoms with Crippen LogP contribution in [-0.2, 0) is 10.0 Å². The first kappa shape index (κ1) is 26.0. The van der Waals surface area contributed by atoms with Crippen molar-refractivity contribution in [3.63, 3.8) is 0 Å². The number of alkyl halides is 3. The minimum atomic E-state index is -4.14. The molecule has 1 heterocycles. The number of benzene rings is 2. The van der Waals surface area contributed by atoms with Crippen LogP contribution < -0.4 is 9.46 Å². The second-order valence-corrected chi connectivity index (χ2v) is 11.5. The van der Waals surface area contributed by atoms with Gasteiger partial charge in [0.2, 0.25) is 0 Å². The number of anilines is 1. The molecule has 0 unspecified atom stereocenters. The maximum absolute atomic E-state index is 12.9. The number of nitrogens with one attached hydrogen (secondary N) is 1. The van der Waals surface area contributed by atoms with Gasteiger partial charge in [0.1, 0.15) is 10.8 Å². The topological polar surface area (TPSA) is 106 Å². The van der Waals surface area contributed by atoms with Gasteiger partial charge in [-0.15, -0.1) is 11.3 Å². The lowest BCUT2D eigenvalue weighted by atomic mass is 9.78. The van der Waals surface area contributed by atoms with Crippen molar-refractivity contribution in [2.75, 3.05) is 11.8 Å². The average molecular weight is 541 g/mol. The number of sulfonamides is 1. The van der Waals surface area contributed by atoms with Crippen LogP contribution in [0.5, 0.6) is 5.75 Å². The number of carboxylic acid groups (broad SMARTS) is 1. The van der Waals surface area contributed by atoms with E-state index in [2.05, 4.69) is 9.71 Å². The molecule has 1 saturated carbocycles. The van der Waals surface area contributed by atoms with E-state index in [-0.39, 0.29) is 40.0 Å². The number of carbonyl (C=O) groups is 1. The fourth-order valence-corrected chi connectivity index (χ4v) is 6.48. The number of aromatic carboxylic acids is 1. The third kappa shape index (κ3) is 5.65. The van der Waals surface area contributed by atoms with E-state index in [1.165, 1.54) is 31.5 Å². The zero-order valence-corrected chi connectivity index (χ0v) is 20.7. The van der Waals surface area contributed by atoms with Crippen molar-refractivity contribution in [2.45, 2.75) is 42.0 Å². The molecule has 0 amide bonds. The summed E-state index contributed by atoms with van der Waals surface area (Å²) in [5.41, 5.74) is 1.69. The maximum atomic E-state index is 12.9. The van der Waals surface area contributed by atoms with Gasteiger partial charge < -0.3 is 9.84 Å². The monoisotopic (exact) mass is 540 g/mol. The van der Waals surface area contributed by atoms with E-state index in [1.54, 1.807) is 12.1 Å². The number of aromatic nitrogens is 1. The molecule has 0 bridgehead atoms. The summed E-state index contributed by atoms with van der Waals surface area (Å²) in [6.07, 6.45) is -1.70. The van der Waals surface area contributed by atoms with E-state index in [1.807, 2.05) is 12.1 Å².